The number of pyridine rings is 1. The highest BCUT2D eigenvalue weighted by molar-refractivity contribution is 8.18. The molecule has 0 radical (unpaired) electrons. The number of aliphatic imine (C=N–C) groups is 1. The molecule has 2 aliphatic rings. The lowest BCUT2D eigenvalue weighted by atomic mass is 9.94. The molecule has 3 heterocycles. The smallest absolute Gasteiger partial charge is 0.267 e. The Balaban J connectivity index is 1.45. The fourth-order valence-corrected chi connectivity index (χ4v) is 5.43. The Morgan fingerprint density at radius 2 is 1.91 bits per heavy atom. The number of hydrogen-bond acceptors (Lipinski definition) is 5. The molecule has 168 valence electrons. The van der Waals surface area contributed by atoms with Gasteiger partial charge in [-0.25, -0.2) is 9.98 Å². The summed E-state index contributed by atoms with van der Waals surface area (Å²) in [5, 5.41) is 1.63. The van der Waals surface area contributed by atoms with Gasteiger partial charge in [0.2, 0.25) is 0 Å². The lowest BCUT2D eigenvalue weighted by Crippen LogP contribution is -2.40. The standard InChI is InChI=1S/C25H21Cl2N3O2S/c26-19-11-9-16(14-20(19)27)21-12-10-18(32-21)15-22-24(31)30(17-6-2-1-3-7-17)25(33-22)29-23-8-4-5-13-28-23/h4-5,8-15,17H,1-3,6-7H2/b22-15+,29-25+. The van der Waals surface area contributed by atoms with Crippen molar-refractivity contribution in [2.45, 2.75) is 38.1 Å². The molecule has 3 aromatic rings. The second-order valence-electron chi connectivity index (χ2n) is 7.99. The van der Waals surface area contributed by atoms with Gasteiger partial charge in [0, 0.05) is 23.9 Å². The zero-order valence-electron chi connectivity index (χ0n) is 17.7. The van der Waals surface area contributed by atoms with Crippen LogP contribution in [0.4, 0.5) is 5.82 Å². The van der Waals surface area contributed by atoms with Gasteiger partial charge in [0.15, 0.2) is 11.0 Å². The maximum atomic E-state index is 13.4. The van der Waals surface area contributed by atoms with Crippen LogP contribution in [-0.4, -0.2) is 27.0 Å². The van der Waals surface area contributed by atoms with E-state index in [1.165, 1.54) is 18.2 Å². The lowest BCUT2D eigenvalue weighted by Gasteiger charge is -2.30. The van der Waals surface area contributed by atoms with E-state index in [1.54, 1.807) is 24.4 Å². The van der Waals surface area contributed by atoms with Gasteiger partial charge < -0.3 is 4.42 Å². The zero-order valence-corrected chi connectivity index (χ0v) is 20.0. The van der Waals surface area contributed by atoms with Gasteiger partial charge >= 0.3 is 0 Å². The summed E-state index contributed by atoms with van der Waals surface area (Å²) in [7, 11) is 0. The molecule has 2 aromatic heterocycles. The van der Waals surface area contributed by atoms with Crippen LogP contribution in [0.3, 0.4) is 0 Å². The van der Waals surface area contributed by atoms with E-state index in [2.05, 4.69) is 4.98 Å². The molecule has 1 aromatic carbocycles. The quantitative estimate of drug-likeness (QED) is 0.348. The fraction of sp³-hybridized carbons (Fsp3) is 0.240. The van der Waals surface area contributed by atoms with Gasteiger partial charge in [-0.1, -0.05) is 48.5 Å². The number of furan rings is 1. The number of carbonyl (C=O) groups excluding carboxylic acids is 1. The highest BCUT2D eigenvalue weighted by Gasteiger charge is 2.39. The van der Waals surface area contributed by atoms with Crippen molar-refractivity contribution in [2.75, 3.05) is 0 Å². The Hall–Kier alpha value is -2.54. The van der Waals surface area contributed by atoms with Crippen LogP contribution >= 0.6 is 35.0 Å². The molecule has 5 nitrogen and oxygen atoms in total. The first-order valence-corrected chi connectivity index (χ1v) is 12.4. The van der Waals surface area contributed by atoms with Crippen LogP contribution < -0.4 is 0 Å². The summed E-state index contributed by atoms with van der Waals surface area (Å²) in [6, 6.07) is 14.8. The monoisotopic (exact) mass is 497 g/mol. The summed E-state index contributed by atoms with van der Waals surface area (Å²) in [6.07, 6.45) is 8.93. The molecule has 0 spiro atoms. The SMILES string of the molecule is O=C1/C(=C\c2ccc(-c3ccc(Cl)c(Cl)c3)o2)S/C(=N/c2ccccn2)N1C1CCCCC1. The van der Waals surface area contributed by atoms with E-state index < -0.39 is 0 Å². The van der Waals surface area contributed by atoms with Crippen molar-refractivity contribution >= 4 is 57.9 Å². The van der Waals surface area contributed by atoms with Gasteiger partial charge in [0.25, 0.3) is 5.91 Å². The lowest BCUT2D eigenvalue weighted by molar-refractivity contribution is -0.124. The van der Waals surface area contributed by atoms with E-state index in [9.17, 15) is 4.79 Å². The fourth-order valence-electron chi connectivity index (χ4n) is 4.11. The van der Waals surface area contributed by atoms with Crippen molar-refractivity contribution < 1.29 is 9.21 Å². The first-order chi connectivity index (χ1) is 16.1. The number of amidine groups is 1. The maximum absolute atomic E-state index is 13.4. The number of nitrogens with zero attached hydrogens (tertiary/aromatic N) is 3. The number of thioether (sulfide) groups is 1. The van der Waals surface area contributed by atoms with Crippen molar-refractivity contribution in [3.05, 3.63) is 75.4 Å². The number of halogens is 2. The summed E-state index contributed by atoms with van der Waals surface area (Å²) in [4.78, 5) is 24.9. The van der Waals surface area contributed by atoms with Gasteiger partial charge in [0.05, 0.1) is 15.0 Å². The minimum atomic E-state index is -0.0333. The van der Waals surface area contributed by atoms with Crippen LogP contribution in [0, 0.1) is 0 Å². The van der Waals surface area contributed by atoms with Crippen LogP contribution in [0.5, 0.6) is 0 Å². The Bertz CT molecular complexity index is 1230. The Morgan fingerprint density at radius 3 is 2.67 bits per heavy atom. The second-order valence-corrected chi connectivity index (χ2v) is 9.81. The molecule has 1 aliphatic carbocycles. The molecule has 33 heavy (non-hydrogen) atoms. The Kier molecular flexibility index (Phi) is 6.58. The highest BCUT2D eigenvalue weighted by Crippen LogP contribution is 2.39. The maximum Gasteiger partial charge on any atom is 0.267 e. The molecule has 5 rings (SSSR count). The van der Waals surface area contributed by atoms with Gasteiger partial charge in [0.1, 0.15) is 11.5 Å². The molecule has 0 N–H and O–H groups in total. The van der Waals surface area contributed by atoms with E-state index in [0.717, 1.165) is 31.2 Å². The summed E-state index contributed by atoms with van der Waals surface area (Å²) in [6.45, 7) is 0. The van der Waals surface area contributed by atoms with Crippen LogP contribution in [0.2, 0.25) is 10.0 Å². The summed E-state index contributed by atoms with van der Waals surface area (Å²) < 4.78 is 5.99. The number of carbonyl (C=O) groups is 1. The molecule has 1 saturated carbocycles. The minimum absolute atomic E-state index is 0.0333. The van der Waals surface area contributed by atoms with Crippen molar-refractivity contribution in [3.8, 4) is 11.3 Å². The third-order valence-corrected chi connectivity index (χ3v) is 7.46. The van der Waals surface area contributed by atoms with Gasteiger partial charge in [-0.2, -0.15) is 0 Å². The number of hydrogen-bond donors (Lipinski definition) is 0. The first kappa shape index (κ1) is 22.3. The molecular formula is C25H21Cl2N3O2S. The van der Waals surface area contributed by atoms with E-state index >= 15 is 0 Å². The molecule has 0 bridgehead atoms. The first-order valence-electron chi connectivity index (χ1n) is 10.9. The molecule has 1 saturated heterocycles. The third-order valence-electron chi connectivity index (χ3n) is 5.74. The summed E-state index contributed by atoms with van der Waals surface area (Å²) in [5.41, 5.74) is 0.820. The molecule has 8 heteroatoms. The molecule has 0 unspecified atom stereocenters. The van der Waals surface area contributed by atoms with Gasteiger partial charge in [-0.15, -0.1) is 0 Å². The van der Waals surface area contributed by atoms with Gasteiger partial charge in [-0.3, -0.25) is 9.69 Å². The Morgan fingerprint density at radius 1 is 1.06 bits per heavy atom. The predicted molar refractivity (Wildman–Crippen MR) is 135 cm³/mol. The third kappa shape index (κ3) is 4.88. The van der Waals surface area contributed by atoms with E-state index in [-0.39, 0.29) is 11.9 Å². The largest absolute Gasteiger partial charge is 0.457 e. The number of aromatic nitrogens is 1. The number of amides is 1. The predicted octanol–water partition coefficient (Wildman–Crippen LogP) is 7.59. The average Bonchev–Trinajstić information content (AvgIpc) is 3.42. The van der Waals surface area contributed by atoms with Gasteiger partial charge in [-0.05, 0) is 67.1 Å². The van der Waals surface area contributed by atoms with Crippen LogP contribution in [0.25, 0.3) is 17.4 Å². The van der Waals surface area contributed by atoms with Crippen LogP contribution in [0.15, 0.2) is 69.0 Å². The van der Waals surface area contributed by atoms with Crippen molar-refractivity contribution in [1.29, 1.82) is 0 Å². The van der Waals surface area contributed by atoms with Crippen molar-refractivity contribution in [2.24, 2.45) is 4.99 Å². The molecule has 1 aliphatic heterocycles. The molecule has 1 amide bonds. The molecule has 0 atom stereocenters. The van der Waals surface area contributed by atoms with Crippen molar-refractivity contribution in [1.82, 2.24) is 9.88 Å². The highest BCUT2D eigenvalue weighted by atomic mass is 35.5. The zero-order chi connectivity index (χ0) is 22.8. The summed E-state index contributed by atoms with van der Waals surface area (Å²) in [5.74, 6) is 1.81. The van der Waals surface area contributed by atoms with Crippen LogP contribution in [-0.2, 0) is 4.79 Å². The Labute approximate surface area is 206 Å². The van der Waals surface area contributed by atoms with E-state index in [1.807, 2.05) is 41.3 Å². The average molecular weight is 498 g/mol. The van der Waals surface area contributed by atoms with Crippen LogP contribution in [0.1, 0.15) is 37.9 Å². The topological polar surface area (TPSA) is 58.7 Å². The van der Waals surface area contributed by atoms with Crippen molar-refractivity contribution in [3.63, 3.8) is 0 Å². The molecule has 2 fully saturated rings. The van der Waals surface area contributed by atoms with E-state index in [4.69, 9.17) is 32.6 Å². The normalized spacial score (nSPS) is 19.7. The summed E-state index contributed by atoms with van der Waals surface area (Å²) >= 11 is 13.5. The number of rotatable bonds is 4. The second kappa shape index (κ2) is 9.75. The minimum Gasteiger partial charge on any atom is -0.457 e. The molecular weight excluding hydrogens is 477 g/mol. The number of benzene rings is 1. The van der Waals surface area contributed by atoms with E-state index in [0.29, 0.717) is 37.5 Å².